The second kappa shape index (κ2) is 12.1. The molecule has 1 aromatic rings. The van der Waals surface area contributed by atoms with Gasteiger partial charge in [0.1, 0.15) is 0 Å². The van der Waals surface area contributed by atoms with E-state index in [9.17, 15) is 8.42 Å². The summed E-state index contributed by atoms with van der Waals surface area (Å²) in [5.74, 6) is 2.83. The summed E-state index contributed by atoms with van der Waals surface area (Å²) >= 11 is 0. The van der Waals surface area contributed by atoms with E-state index in [1.165, 1.54) is 51.4 Å². The van der Waals surface area contributed by atoms with Crippen LogP contribution in [0, 0.1) is 18.1 Å². The van der Waals surface area contributed by atoms with Crippen molar-refractivity contribution < 1.29 is 8.42 Å². The summed E-state index contributed by atoms with van der Waals surface area (Å²) in [6.45, 7) is 4.18. The van der Waals surface area contributed by atoms with Crippen LogP contribution in [0.5, 0.6) is 0 Å². The molecule has 0 saturated carbocycles. The molecule has 1 rings (SSSR count). The van der Waals surface area contributed by atoms with Crippen molar-refractivity contribution in [1.82, 2.24) is 0 Å². The quantitative estimate of drug-likeness (QED) is 0.277. The molecule has 0 spiro atoms. The summed E-state index contributed by atoms with van der Waals surface area (Å²) < 4.78 is 24.1. The van der Waals surface area contributed by atoms with Crippen LogP contribution in [-0.2, 0) is 9.84 Å². The Labute approximate surface area is 149 Å². The fraction of sp³-hybridized carbons (Fsp3) is 0.619. The molecular weight excluding hydrogens is 316 g/mol. The molecular formula is C21H32O2S. The summed E-state index contributed by atoms with van der Waals surface area (Å²) in [4.78, 5) is 0.295. The van der Waals surface area contributed by atoms with Gasteiger partial charge in [-0.1, -0.05) is 88.3 Å². The number of hydrogen-bond acceptors (Lipinski definition) is 2. The van der Waals surface area contributed by atoms with Gasteiger partial charge in [0.15, 0.2) is 0 Å². The lowest BCUT2D eigenvalue weighted by Crippen LogP contribution is -1.96. The Hall–Kier alpha value is -1.27. The van der Waals surface area contributed by atoms with Crippen molar-refractivity contribution >= 4 is 9.84 Å². The van der Waals surface area contributed by atoms with Gasteiger partial charge in [-0.05, 0) is 25.5 Å². The van der Waals surface area contributed by atoms with Crippen molar-refractivity contribution in [2.45, 2.75) is 89.4 Å². The number of rotatable bonds is 11. The smallest absolute Gasteiger partial charge is 0.210 e. The lowest BCUT2D eigenvalue weighted by molar-refractivity contribution is 0.558. The molecule has 2 nitrogen and oxygen atoms in total. The van der Waals surface area contributed by atoms with E-state index in [2.05, 4.69) is 18.1 Å². The first-order valence-corrected chi connectivity index (χ1v) is 10.9. The van der Waals surface area contributed by atoms with Crippen LogP contribution in [-0.4, -0.2) is 8.42 Å². The highest BCUT2D eigenvalue weighted by atomic mass is 32.2. The normalized spacial score (nSPS) is 11.1. The highest BCUT2D eigenvalue weighted by molar-refractivity contribution is 7.96. The maximum atomic E-state index is 12.1. The van der Waals surface area contributed by atoms with Gasteiger partial charge in [0.05, 0.1) is 4.90 Å². The first-order valence-electron chi connectivity index (χ1n) is 9.37. The molecule has 1 aromatic carbocycles. The number of aryl methyl sites for hydroxylation is 1. The molecule has 0 aromatic heterocycles. The Bertz CT molecular complexity index is 603. The molecule has 0 aliphatic rings. The van der Waals surface area contributed by atoms with Crippen molar-refractivity contribution in [1.29, 1.82) is 0 Å². The third kappa shape index (κ3) is 9.13. The Balaban J connectivity index is 2.13. The highest BCUT2D eigenvalue weighted by Crippen LogP contribution is 2.12. The van der Waals surface area contributed by atoms with Gasteiger partial charge in [0.2, 0.25) is 9.84 Å². The molecule has 0 bridgehead atoms. The van der Waals surface area contributed by atoms with E-state index in [4.69, 9.17) is 0 Å². The van der Waals surface area contributed by atoms with Crippen LogP contribution in [0.1, 0.15) is 83.1 Å². The van der Waals surface area contributed by atoms with Crippen molar-refractivity contribution in [2.75, 3.05) is 0 Å². The lowest BCUT2D eigenvalue weighted by Gasteiger charge is -2.01. The Morgan fingerprint density at radius 1 is 0.792 bits per heavy atom. The van der Waals surface area contributed by atoms with Crippen LogP contribution in [0.4, 0.5) is 0 Å². The Morgan fingerprint density at radius 2 is 1.29 bits per heavy atom. The van der Waals surface area contributed by atoms with E-state index < -0.39 is 9.84 Å². The number of benzene rings is 1. The minimum Gasteiger partial charge on any atom is -0.210 e. The maximum Gasteiger partial charge on any atom is 0.245 e. The average Bonchev–Trinajstić information content (AvgIpc) is 2.56. The van der Waals surface area contributed by atoms with Gasteiger partial charge in [-0.15, -0.1) is 0 Å². The number of sulfone groups is 1. The molecule has 0 fully saturated rings. The standard InChI is InChI=1S/C21H32O2S/c1-3-4-5-6-7-8-9-10-11-12-13-14-19-24(22,23)21-17-15-20(2)16-18-21/h15-18H,3-13H2,1-2H3. The zero-order valence-electron chi connectivity index (χ0n) is 15.3. The minimum absolute atomic E-state index is 0.295. The molecule has 3 heteroatoms. The molecule has 0 radical (unpaired) electrons. The second-order valence-corrected chi connectivity index (χ2v) is 8.21. The van der Waals surface area contributed by atoms with E-state index in [0.717, 1.165) is 18.4 Å². The van der Waals surface area contributed by atoms with Gasteiger partial charge >= 0.3 is 0 Å². The molecule has 0 unspecified atom stereocenters. The second-order valence-electron chi connectivity index (χ2n) is 6.53. The first kappa shape index (κ1) is 20.8. The van der Waals surface area contributed by atoms with Crippen LogP contribution < -0.4 is 0 Å². The van der Waals surface area contributed by atoms with Crippen LogP contribution in [0.2, 0.25) is 0 Å². The monoisotopic (exact) mass is 348 g/mol. The highest BCUT2D eigenvalue weighted by Gasteiger charge is 2.09. The molecule has 24 heavy (non-hydrogen) atoms. The van der Waals surface area contributed by atoms with E-state index in [0.29, 0.717) is 11.3 Å². The van der Waals surface area contributed by atoms with Crippen molar-refractivity contribution in [3.8, 4) is 11.2 Å². The predicted molar refractivity (Wildman–Crippen MR) is 103 cm³/mol. The third-order valence-electron chi connectivity index (χ3n) is 4.19. The van der Waals surface area contributed by atoms with Gasteiger partial charge in [-0.25, -0.2) is 8.42 Å². The van der Waals surface area contributed by atoms with Gasteiger partial charge < -0.3 is 0 Å². The van der Waals surface area contributed by atoms with Crippen LogP contribution in [0.3, 0.4) is 0 Å². The van der Waals surface area contributed by atoms with E-state index in [1.54, 1.807) is 24.3 Å². The first-order chi connectivity index (χ1) is 11.6. The predicted octanol–water partition coefficient (Wildman–Crippen LogP) is 6.04. The van der Waals surface area contributed by atoms with Gasteiger partial charge in [-0.2, -0.15) is 0 Å². The zero-order valence-corrected chi connectivity index (χ0v) is 16.1. The Morgan fingerprint density at radius 3 is 1.83 bits per heavy atom. The summed E-state index contributed by atoms with van der Waals surface area (Å²) in [5, 5.41) is 2.45. The molecule has 0 heterocycles. The fourth-order valence-corrected chi connectivity index (χ4v) is 3.53. The van der Waals surface area contributed by atoms with E-state index in [1.807, 2.05) is 6.92 Å². The van der Waals surface area contributed by atoms with Crippen molar-refractivity contribution in [3.05, 3.63) is 29.8 Å². The van der Waals surface area contributed by atoms with E-state index in [-0.39, 0.29) is 0 Å². The third-order valence-corrected chi connectivity index (χ3v) is 5.50. The fourth-order valence-electron chi connectivity index (χ4n) is 2.62. The van der Waals surface area contributed by atoms with Crippen LogP contribution in [0.15, 0.2) is 29.2 Å². The minimum atomic E-state index is -3.45. The van der Waals surface area contributed by atoms with Crippen molar-refractivity contribution in [2.24, 2.45) is 0 Å². The Kier molecular flexibility index (Phi) is 10.5. The van der Waals surface area contributed by atoms with Gasteiger partial charge in [-0.3, -0.25) is 0 Å². The van der Waals surface area contributed by atoms with Gasteiger partial charge in [0.25, 0.3) is 0 Å². The molecule has 134 valence electrons. The number of hydrogen-bond donors (Lipinski definition) is 0. The summed E-state index contributed by atoms with van der Waals surface area (Å²) in [7, 11) is -3.45. The molecule has 0 saturated heterocycles. The largest absolute Gasteiger partial charge is 0.245 e. The summed E-state index contributed by atoms with van der Waals surface area (Å²) in [6, 6.07) is 6.85. The summed E-state index contributed by atoms with van der Waals surface area (Å²) in [6.07, 6.45) is 13.4. The summed E-state index contributed by atoms with van der Waals surface area (Å²) in [5.41, 5.74) is 1.05. The maximum absolute atomic E-state index is 12.1. The van der Waals surface area contributed by atoms with Crippen LogP contribution >= 0.6 is 0 Å². The molecule has 0 N–H and O–H groups in total. The topological polar surface area (TPSA) is 34.1 Å². The average molecular weight is 349 g/mol. The van der Waals surface area contributed by atoms with E-state index >= 15 is 0 Å². The van der Waals surface area contributed by atoms with Gasteiger partial charge in [0, 0.05) is 11.7 Å². The van der Waals surface area contributed by atoms with Crippen LogP contribution in [0.25, 0.3) is 0 Å². The lowest BCUT2D eigenvalue weighted by atomic mass is 10.1. The molecule has 0 aliphatic carbocycles. The van der Waals surface area contributed by atoms with Crippen molar-refractivity contribution in [3.63, 3.8) is 0 Å². The zero-order chi connectivity index (χ0) is 17.7. The molecule has 0 amide bonds. The number of unbranched alkanes of at least 4 members (excludes halogenated alkanes) is 10. The molecule has 0 aliphatic heterocycles. The SMILES string of the molecule is CCCCCCCCCCCCC#CS(=O)(=O)c1ccc(C)cc1. The molecule has 0 atom stereocenters.